The third-order valence-corrected chi connectivity index (χ3v) is 6.05. The number of unbranched alkanes of at least 4 members (excludes halogenated alkanes) is 1. The van der Waals surface area contributed by atoms with E-state index < -0.39 is 6.17 Å². The van der Waals surface area contributed by atoms with Crippen LogP contribution < -0.4 is 19.9 Å². The van der Waals surface area contributed by atoms with Gasteiger partial charge in [-0.1, -0.05) is 56.3 Å². The molecule has 166 valence electrons. The van der Waals surface area contributed by atoms with Gasteiger partial charge >= 0.3 is 11.3 Å². The smallest absolute Gasteiger partial charge is 0.325 e. The van der Waals surface area contributed by atoms with Crippen LogP contribution in [0.25, 0.3) is 11.3 Å². The summed E-state index contributed by atoms with van der Waals surface area (Å²) in [6.07, 6.45) is 3.48. The van der Waals surface area contributed by atoms with Crippen molar-refractivity contribution in [1.82, 2.24) is 10.1 Å². The van der Waals surface area contributed by atoms with E-state index in [1.165, 1.54) is 11.8 Å². The van der Waals surface area contributed by atoms with E-state index in [9.17, 15) is 9.59 Å². The van der Waals surface area contributed by atoms with Crippen LogP contribution in [0.4, 0.5) is 5.69 Å². The van der Waals surface area contributed by atoms with Gasteiger partial charge in [-0.3, -0.25) is 14.6 Å². The standard InChI is InChI=1S/C24H26N4O3S/c1-4-6-15-31-19-14-10-8-12-17(19)23-27(20(29)5-2)18-13-9-7-11-16(18)21-22(30)25-24(32-3)26-28(21)23/h7-14,23H,4-6,15H2,1-3H3/p+1. The summed E-state index contributed by atoms with van der Waals surface area (Å²) in [5, 5.41) is 5.21. The fourth-order valence-corrected chi connectivity index (χ4v) is 4.30. The number of hydrogen-bond donors (Lipinski definition) is 1. The Hall–Kier alpha value is -3.13. The molecular formula is C24H27N4O3S+. The maximum Gasteiger partial charge on any atom is 0.325 e. The molecule has 7 nitrogen and oxygen atoms in total. The number of amides is 1. The lowest BCUT2D eigenvalue weighted by atomic mass is 10.0. The van der Waals surface area contributed by atoms with E-state index >= 15 is 0 Å². The van der Waals surface area contributed by atoms with Gasteiger partial charge in [0.1, 0.15) is 5.75 Å². The summed E-state index contributed by atoms with van der Waals surface area (Å²) in [7, 11) is 0. The van der Waals surface area contributed by atoms with Crippen molar-refractivity contribution in [1.29, 1.82) is 0 Å². The molecule has 0 spiro atoms. The van der Waals surface area contributed by atoms with E-state index in [1.54, 1.807) is 9.58 Å². The summed E-state index contributed by atoms with van der Waals surface area (Å²) in [4.78, 5) is 31.0. The van der Waals surface area contributed by atoms with Crippen molar-refractivity contribution < 1.29 is 14.2 Å². The Morgan fingerprint density at radius 3 is 2.69 bits per heavy atom. The zero-order chi connectivity index (χ0) is 22.7. The largest absolute Gasteiger partial charge is 0.493 e. The molecule has 1 N–H and O–H groups in total. The number of hydrogen-bond acceptors (Lipinski definition) is 5. The minimum Gasteiger partial charge on any atom is -0.493 e. The van der Waals surface area contributed by atoms with Gasteiger partial charge in [0.2, 0.25) is 11.1 Å². The Kier molecular flexibility index (Phi) is 6.60. The topological polar surface area (TPSA) is 79.2 Å². The number of carbonyl (C=O) groups excluding carboxylic acids is 1. The lowest BCUT2D eigenvalue weighted by Gasteiger charge is -2.32. The summed E-state index contributed by atoms with van der Waals surface area (Å²) < 4.78 is 7.78. The number of H-pyrrole nitrogens is 1. The molecule has 2 aromatic carbocycles. The molecular weight excluding hydrogens is 424 g/mol. The fourth-order valence-electron chi connectivity index (χ4n) is 3.94. The lowest BCUT2D eigenvalue weighted by Crippen LogP contribution is -2.60. The monoisotopic (exact) mass is 451 g/mol. The molecule has 2 heterocycles. The van der Waals surface area contributed by atoms with Crippen LogP contribution in [0, 0.1) is 0 Å². The highest BCUT2D eigenvalue weighted by Gasteiger charge is 2.46. The van der Waals surface area contributed by atoms with Crippen LogP contribution in [0.1, 0.15) is 44.8 Å². The van der Waals surface area contributed by atoms with Crippen LogP contribution in [0.2, 0.25) is 0 Å². The van der Waals surface area contributed by atoms with Crippen molar-refractivity contribution >= 4 is 23.4 Å². The number of fused-ring (bicyclic) bond motifs is 3. The highest BCUT2D eigenvalue weighted by molar-refractivity contribution is 7.98. The summed E-state index contributed by atoms with van der Waals surface area (Å²) in [5.74, 6) is 0.627. The number of nitrogens with zero attached hydrogens (tertiary/aromatic N) is 3. The number of para-hydroxylation sites is 2. The van der Waals surface area contributed by atoms with Gasteiger partial charge in [0.15, 0.2) is 0 Å². The van der Waals surface area contributed by atoms with Crippen molar-refractivity contribution in [2.24, 2.45) is 0 Å². The normalized spacial score (nSPS) is 14.6. The number of carbonyl (C=O) groups is 1. The Balaban J connectivity index is 2.00. The molecule has 1 aliphatic heterocycles. The Morgan fingerprint density at radius 1 is 1.19 bits per heavy atom. The summed E-state index contributed by atoms with van der Waals surface area (Å²) in [6, 6.07) is 15.1. The SMILES string of the molecule is CCCCOc1ccccc1C1N(C(=O)CC)c2ccccc2-c2c(=O)[nH]c(SC)n[n+]21. The second-order valence-electron chi connectivity index (χ2n) is 7.50. The molecule has 1 unspecified atom stereocenters. The van der Waals surface area contributed by atoms with Crippen molar-refractivity contribution in [3.8, 4) is 17.0 Å². The molecule has 0 saturated carbocycles. The molecule has 0 fully saturated rings. The van der Waals surface area contributed by atoms with Crippen LogP contribution in [0.5, 0.6) is 5.75 Å². The zero-order valence-corrected chi connectivity index (χ0v) is 19.3. The Labute approximate surface area is 191 Å². The molecule has 3 aromatic rings. The van der Waals surface area contributed by atoms with Gasteiger partial charge in [0.05, 0.1) is 23.4 Å². The highest BCUT2D eigenvalue weighted by atomic mass is 32.2. The second kappa shape index (κ2) is 9.56. The maximum absolute atomic E-state index is 13.3. The minimum atomic E-state index is -0.640. The number of aromatic nitrogens is 3. The van der Waals surface area contributed by atoms with Crippen LogP contribution >= 0.6 is 11.8 Å². The second-order valence-corrected chi connectivity index (χ2v) is 8.30. The van der Waals surface area contributed by atoms with Crippen molar-refractivity contribution in [3.63, 3.8) is 0 Å². The molecule has 32 heavy (non-hydrogen) atoms. The summed E-state index contributed by atoms with van der Waals surface area (Å²) in [6.45, 7) is 4.53. The first-order valence-electron chi connectivity index (χ1n) is 10.8. The van der Waals surface area contributed by atoms with Gasteiger partial charge in [-0.2, -0.15) is 0 Å². The fraction of sp³-hybridized carbons (Fsp3) is 0.333. The molecule has 0 radical (unpaired) electrons. The Morgan fingerprint density at radius 2 is 1.94 bits per heavy atom. The molecule has 8 heteroatoms. The Bertz CT molecular complexity index is 1190. The van der Waals surface area contributed by atoms with E-state index in [1.807, 2.05) is 61.7 Å². The first-order chi connectivity index (χ1) is 15.6. The van der Waals surface area contributed by atoms with E-state index in [0.29, 0.717) is 40.9 Å². The first kappa shape index (κ1) is 22.1. The zero-order valence-electron chi connectivity index (χ0n) is 18.5. The minimum absolute atomic E-state index is 0.0586. The molecule has 0 bridgehead atoms. The van der Waals surface area contributed by atoms with Gasteiger partial charge in [-0.05, 0) is 41.6 Å². The highest BCUT2D eigenvalue weighted by Crippen LogP contribution is 2.39. The van der Waals surface area contributed by atoms with E-state index in [4.69, 9.17) is 9.84 Å². The molecule has 1 amide bonds. The van der Waals surface area contributed by atoms with E-state index in [0.717, 1.165) is 18.4 Å². The number of ether oxygens (including phenoxy) is 1. The predicted molar refractivity (Wildman–Crippen MR) is 125 cm³/mol. The number of rotatable bonds is 7. The van der Waals surface area contributed by atoms with Crippen molar-refractivity contribution in [3.05, 3.63) is 64.4 Å². The van der Waals surface area contributed by atoms with E-state index in [2.05, 4.69) is 11.9 Å². The number of aromatic amines is 1. The molecule has 0 aliphatic carbocycles. The molecule has 4 rings (SSSR count). The molecule has 1 aromatic heterocycles. The molecule has 1 aliphatic rings. The number of benzene rings is 2. The van der Waals surface area contributed by atoms with Crippen LogP contribution in [0.3, 0.4) is 0 Å². The van der Waals surface area contributed by atoms with Gasteiger partial charge in [0, 0.05) is 11.5 Å². The lowest BCUT2D eigenvalue weighted by molar-refractivity contribution is -0.763. The van der Waals surface area contributed by atoms with Gasteiger partial charge in [-0.15, -0.1) is 0 Å². The van der Waals surface area contributed by atoms with Gasteiger partial charge in [0.25, 0.3) is 6.17 Å². The first-order valence-corrected chi connectivity index (χ1v) is 12.1. The van der Waals surface area contributed by atoms with Crippen LogP contribution in [-0.2, 0) is 4.79 Å². The summed E-state index contributed by atoms with van der Waals surface area (Å²) in [5.41, 5.74) is 2.34. The predicted octanol–water partition coefficient (Wildman–Crippen LogP) is 3.93. The number of nitrogens with one attached hydrogen (secondary N) is 1. The quantitative estimate of drug-likeness (QED) is 0.335. The molecule has 0 saturated heterocycles. The van der Waals surface area contributed by atoms with Crippen LogP contribution in [0.15, 0.2) is 58.5 Å². The van der Waals surface area contributed by atoms with Crippen LogP contribution in [-0.4, -0.2) is 28.9 Å². The van der Waals surface area contributed by atoms with E-state index in [-0.39, 0.29) is 11.5 Å². The van der Waals surface area contributed by atoms with Crippen molar-refractivity contribution in [2.45, 2.75) is 44.4 Å². The molecule has 1 atom stereocenters. The van der Waals surface area contributed by atoms with Crippen molar-refractivity contribution in [2.75, 3.05) is 17.8 Å². The number of thioether (sulfide) groups is 1. The third-order valence-electron chi connectivity index (χ3n) is 5.48. The maximum atomic E-state index is 13.3. The van der Waals surface area contributed by atoms with Gasteiger partial charge < -0.3 is 4.74 Å². The summed E-state index contributed by atoms with van der Waals surface area (Å²) >= 11 is 1.35. The van der Waals surface area contributed by atoms with Gasteiger partial charge in [-0.25, -0.2) is 4.90 Å². The average molecular weight is 452 g/mol. The average Bonchev–Trinajstić information content (AvgIpc) is 2.82. The third kappa shape index (κ3) is 3.90. The number of anilines is 1.